The molecule has 0 amide bonds. The molecule has 0 radical (unpaired) electrons. The third kappa shape index (κ3) is 7.16. The first kappa shape index (κ1) is 14.2. The molecule has 1 heterocycles. The molecule has 3 nitrogen and oxygen atoms in total. The third-order valence-electron chi connectivity index (χ3n) is 2.61. The van der Waals surface area contributed by atoms with Gasteiger partial charge in [-0.05, 0) is 12.3 Å². The SMILES string of the molecule is CC(C)CCCCCCNc1ncc(Cl)cn1. The Morgan fingerprint density at radius 2 is 1.76 bits per heavy atom. The number of nitrogens with zero attached hydrogens (tertiary/aromatic N) is 2. The normalized spacial score (nSPS) is 10.8. The first-order valence-corrected chi connectivity index (χ1v) is 6.77. The molecular formula is C13H22ClN3. The van der Waals surface area contributed by atoms with Crippen LogP contribution in [0.4, 0.5) is 5.95 Å². The Balaban J connectivity index is 1.99. The van der Waals surface area contributed by atoms with Crippen LogP contribution in [0.5, 0.6) is 0 Å². The van der Waals surface area contributed by atoms with Gasteiger partial charge in [-0.2, -0.15) is 0 Å². The molecule has 1 N–H and O–H groups in total. The highest BCUT2D eigenvalue weighted by atomic mass is 35.5. The van der Waals surface area contributed by atoms with E-state index in [0.29, 0.717) is 11.0 Å². The Hall–Kier alpha value is -0.830. The lowest BCUT2D eigenvalue weighted by atomic mass is 10.0. The second-order valence-corrected chi connectivity index (χ2v) is 5.18. The Morgan fingerprint density at radius 3 is 2.41 bits per heavy atom. The van der Waals surface area contributed by atoms with Gasteiger partial charge in [0, 0.05) is 6.54 Å². The van der Waals surface area contributed by atoms with E-state index in [1.165, 1.54) is 32.1 Å². The number of hydrogen-bond donors (Lipinski definition) is 1. The van der Waals surface area contributed by atoms with Gasteiger partial charge in [-0.25, -0.2) is 9.97 Å². The van der Waals surface area contributed by atoms with E-state index in [1.54, 1.807) is 12.4 Å². The van der Waals surface area contributed by atoms with Crippen molar-refractivity contribution >= 4 is 17.5 Å². The van der Waals surface area contributed by atoms with Crippen LogP contribution in [-0.4, -0.2) is 16.5 Å². The van der Waals surface area contributed by atoms with Crippen LogP contribution in [0.3, 0.4) is 0 Å². The molecule has 0 aliphatic rings. The van der Waals surface area contributed by atoms with Gasteiger partial charge >= 0.3 is 0 Å². The molecule has 0 aromatic carbocycles. The lowest BCUT2D eigenvalue weighted by Crippen LogP contribution is -2.04. The second kappa shape index (κ2) is 8.29. The minimum atomic E-state index is 0.573. The van der Waals surface area contributed by atoms with Crippen LogP contribution in [0.25, 0.3) is 0 Å². The van der Waals surface area contributed by atoms with Gasteiger partial charge in [0.2, 0.25) is 5.95 Å². The van der Waals surface area contributed by atoms with Crippen molar-refractivity contribution in [2.24, 2.45) is 5.92 Å². The first-order chi connectivity index (χ1) is 8.18. The summed E-state index contributed by atoms with van der Waals surface area (Å²) in [4.78, 5) is 8.16. The maximum Gasteiger partial charge on any atom is 0.222 e. The standard InChI is InChI=1S/C13H22ClN3/c1-11(2)7-5-3-4-6-8-15-13-16-9-12(14)10-17-13/h9-11H,3-8H2,1-2H3,(H,15,16,17). The highest BCUT2D eigenvalue weighted by Crippen LogP contribution is 2.10. The predicted octanol–water partition coefficient (Wildman–Crippen LogP) is 4.15. The van der Waals surface area contributed by atoms with Gasteiger partial charge in [-0.15, -0.1) is 0 Å². The fraction of sp³-hybridized carbons (Fsp3) is 0.692. The summed E-state index contributed by atoms with van der Waals surface area (Å²) in [5, 5.41) is 3.76. The van der Waals surface area contributed by atoms with Crippen LogP contribution in [0.15, 0.2) is 12.4 Å². The quantitative estimate of drug-likeness (QED) is 0.709. The molecule has 0 atom stereocenters. The fourth-order valence-electron chi connectivity index (χ4n) is 1.63. The molecule has 0 spiro atoms. The number of anilines is 1. The van der Waals surface area contributed by atoms with E-state index < -0.39 is 0 Å². The summed E-state index contributed by atoms with van der Waals surface area (Å²) in [6.45, 7) is 5.49. The number of nitrogens with one attached hydrogen (secondary N) is 1. The highest BCUT2D eigenvalue weighted by molar-refractivity contribution is 6.30. The molecule has 1 aromatic rings. The number of rotatable bonds is 8. The first-order valence-electron chi connectivity index (χ1n) is 6.40. The molecule has 0 fully saturated rings. The monoisotopic (exact) mass is 255 g/mol. The molecular weight excluding hydrogens is 234 g/mol. The number of hydrogen-bond acceptors (Lipinski definition) is 3. The van der Waals surface area contributed by atoms with E-state index in [2.05, 4.69) is 29.1 Å². The van der Waals surface area contributed by atoms with E-state index in [1.807, 2.05) is 0 Å². The van der Waals surface area contributed by atoms with Crippen molar-refractivity contribution in [1.29, 1.82) is 0 Å². The maximum absolute atomic E-state index is 5.70. The Bertz CT molecular complexity index is 298. The Morgan fingerprint density at radius 1 is 1.12 bits per heavy atom. The summed E-state index contributed by atoms with van der Waals surface area (Å²) in [6.07, 6.45) is 9.67. The summed E-state index contributed by atoms with van der Waals surface area (Å²) in [5.74, 6) is 1.49. The van der Waals surface area contributed by atoms with Gasteiger partial charge in [0.05, 0.1) is 17.4 Å². The molecule has 1 rings (SSSR count). The van der Waals surface area contributed by atoms with Crippen LogP contribution in [0.1, 0.15) is 46.0 Å². The molecule has 96 valence electrons. The second-order valence-electron chi connectivity index (χ2n) is 4.75. The smallest absolute Gasteiger partial charge is 0.222 e. The van der Waals surface area contributed by atoms with Crippen molar-refractivity contribution in [2.75, 3.05) is 11.9 Å². The Kier molecular flexibility index (Phi) is 6.94. The van der Waals surface area contributed by atoms with Crippen molar-refractivity contribution in [3.05, 3.63) is 17.4 Å². The lowest BCUT2D eigenvalue weighted by Gasteiger charge is -2.05. The number of aromatic nitrogens is 2. The Labute approximate surface area is 109 Å². The van der Waals surface area contributed by atoms with Crippen LogP contribution in [0.2, 0.25) is 5.02 Å². The fourth-order valence-corrected chi connectivity index (χ4v) is 1.73. The summed E-state index contributed by atoms with van der Waals surface area (Å²) < 4.78 is 0. The minimum Gasteiger partial charge on any atom is -0.354 e. The van der Waals surface area contributed by atoms with E-state index in [-0.39, 0.29) is 0 Å². The van der Waals surface area contributed by atoms with Crippen molar-refractivity contribution in [3.63, 3.8) is 0 Å². The molecule has 1 aromatic heterocycles. The van der Waals surface area contributed by atoms with Gasteiger partial charge in [0.15, 0.2) is 0 Å². The van der Waals surface area contributed by atoms with Crippen LogP contribution < -0.4 is 5.32 Å². The van der Waals surface area contributed by atoms with Crippen molar-refractivity contribution in [3.8, 4) is 0 Å². The van der Waals surface area contributed by atoms with Crippen molar-refractivity contribution in [1.82, 2.24) is 9.97 Å². The molecule has 0 aliphatic carbocycles. The summed E-state index contributed by atoms with van der Waals surface area (Å²) in [5.41, 5.74) is 0. The molecule has 0 unspecified atom stereocenters. The molecule has 0 bridgehead atoms. The molecule has 0 saturated carbocycles. The average Bonchev–Trinajstić information content (AvgIpc) is 2.30. The zero-order valence-electron chi connectivity index (χ0n) is 10.7. The highest BCUT2D eigenvalue weighted by Gasteiger charge is 1.96. The largest absolute Gasteiger partial charge is 0.354 e. The minimum absolute atomic E-state index is 0.573. The van der Waals surface area contributed by atoms with Crippen LogP contribution in [0, 0.1) is 5.92 Å². The average molecular weight is 256 g/mol. The zero-order chi connectivity index (χ0) is 12.5. The lowest BCUT2D eigenvalue weighted by molar-refractivity contribution is 0.523. The van der Waals surface area contributed by atoms with Crippen LogP contribution in [-0.2, 0) is 0 Å². The van der Waals surface area contributed by atoms with Gasteiger partial charge in [-0.3, -0.25) is 0 Å². The summed E-state index contributed by atoms with van der Waals surface area (Å²) in [6, 6.07) is 0. The molecule has 0 saturated heterocycles. The summed E-state index contributed by atoms with van der Waals surface area (Å²) >= 11 is 5.70. The molecule has 0 aliphatic heterocycles. The van der Waals surface area contributed by atoms with Crippen molar-refractivity contribution in [2.45, 2.75) is 46.0 Å². The number of unbranched alkanes of at least 4 members (excludes halogenated alkanes) is 3. The van der Waals surface area contributed by atoms with E-state index in [0.717, 1.165) is 12.5 Å². The maximum atomic E-state index is 5.70. The molecule has 17 heavy (non-hydrogen) atoms. The van der Waals surface area contributed by atoms with E-state index in [4.69, 9.17) is 11.6 Å². The van der Waals surface area contributed by atoms with E-state index in [9.17, 15) is 0 Å². The van der Waals surface area contributed by atoms with Crippen LogP contribution >= 0.6 is 11.6 Å². The zero-order valence-corrected chi connectivity index (χ0v) is 11.5. The third-order valence-corrected chi connectivity index (χ3v) is 2.81. The molecule has 4 heteroatoms. The number of halogens is 1. The van der Waals surface area contributed by atoms with Crippen molar-refractivity contribution < 1.29 is 0 Å². The predicted molar refractivity (Wildman–Crippen MR) is 73.5 cm³/mol. The van der Waals surface area contributed by atoms with Gasteiger partial charge in [0.1, 0.15) is 0 Å². The van der Waals surface area contributed by atoms with E-state index >= 15 is 0 Å². The van der Waals surface area contributed by atoms with Gasteiger partial charge in [0.25, 0.3) is 0 Å². The van der Waals surface area contributed by atoms with Gasteiger partial charge < -0.3 is 5.32 Å². The summed E-state index contributed by atoms with van der Waals surface area (Å²) in [7, 11) is 0. The topological polar surface area (TPSA) is 37.8 Å². The van der Waals surface area contributed by atoms with Gasteiger partial charge in [-0.1, -0.05) is 51.1 Å².